The van der Waals surface area contributed by atoms with Crippen LogP contribution in [0.2, 0.25) is 0 Å². The SMILES string of the molecule is COc1ccccc1OCC(=O)NCC(O)c1ccccc1C(F)(F)F. The molecule has 0 heterocycles. The minimum Gasteiger partial charge on any atom is -0.493 e. The van der Waals surface area contributed by atoms with Crippen molar-refractivity contribution in [2.75, 3.05) is 20.3 Å². The van der Waals surface area contributed by atoms with Gasteiger partial charge in [0.15, 0.2) is 18.1 Å². The van der Waals surface area contributed by atoms with E-state index in [0.717, 1.165) is 6.07 Å². The highest BCUT2D eigenvalue weighted by Gasteiger charge is 2.34. The molecule has 2 aromatic rings. The molecular weight excluding hydrogens is 351 g/mol. The van der Waals surface area contributed by atoms with Crippen molar-refractivity contribution in [2.45, 2.75) is 12.3 Å². The molecule has 1 amide bonds. The van der Waals surface area contributed by atoms with E-state index in [1.165, 1.54) is 25.3 Å². The number of amides is 1. The summed E-state index contributed by atoms with van der Waals surface area (Å²) in [6.07, 6.45) is -6.09. The lowest BCUT2D eigenvalue weighted by Crippen LogP contribution is -2.33. The largest absolute Gasteiger partial charge is 0.493 e. The van der Waals surface area contributed by atoms with E-state index in [1.807, 2.05) is 0 Å². The van der Waals surface area contributed by atoms with E-state index in [2.05, 4.69) is 5.32 Å². The van der Waals surface area contributed by atoms with Crippen LogP contribution < -0.4 is 14.8 Å². The molecule has 0 aliphatic carbocycles. The summed E-state index contributed by atoms with van der Waals surface area (Å²) >= 11 is 0. The molecular formula is C18H18F3NO4. The maximum atomic E-state index is 13.0. The molecule has 140 valence electrons. The minimum absolute atomic E-state index is 0.300. The molecule has 0 saturated heterocycles. The average molecular weight is 369 g/mol. The van der Waals surface area contributed by atoms with Crippen molar-refractivity contribution in [3.63, 3.8) is 0 Å². The van der Waals surface area contributed by atoms with Gasteiger partial charge in [-0.25, -0.2) is 0 Å². The van der Waals surface area contributed by atoms with Crippen LogP contribution >= 0.6 is 0 Å². The Morgan fingerprint density at radius 1 is 1.12 bits per heavy atom. The van der Waals surface area contributed by atoms with Gasteiger partial charge >= 0.3 is 6.18 Å². The van der Waals surface area contributed by atoms with Gasteiger partial charge in [0.2, 0.25) is 0 Å². The minimum atomic E-state index is -4.59. The third-order valence-corrected chi connectivity index (χ3v) is 3.55. The third kappa shape index (κ3) is 5.13. The van der Waals surface area contributed by atoms with Crippen LogP contribution in [0, 0.1) is 0 Å². The summed E-state index contributed by atoms with van der Waals surface area (Å²) < 4.78 is 49.3. The Balaban J connectivity index is 1.92. The summed E-state index contributed by atoms with van der Waals surface area (Å²) in [4.78, 5) is 11.8. The zero-order valence-corrected chi connectivity index (χ0v) is 13.9. The molecule has 0 bridgehead atoms. The van der Waals surface area contributed by atoms with E-state index in [4.69, 9.17) is 9.47 Å². The fraction of sp³-hybridized carbons (Fsp3) is 0.278. The molecule has 2 N–H and O–H groups in total. The van der Waals surface area contributed by atoms with E-state index in [1.54, 1.807) is 24.3 Å². The smallest absolute Gasteiger partial charge is 0.416 e. The number of aliphatic hydroxyl groups excluding tert-OH is 1. The second-order valence-corrected chi connectivity index (χ2v) is 5.34. The van der Waals surface area contributed by atoms with Crippen LogP contribution in [-0.4, -0.2) is 31.3 Å². The first-order valence-corrected chi connectivity index (χ1v) is 7.69. The highest BCUT2D eigenvalue weighted by atomic mass is 19.4. The Morgan fingerprint density at radius 3 is 2.38 bits per heavy atom. The average Bonchev–Trinajstić information content (AvgIpc) is 2.63. The lowest BCUT2D eigenvalue weighted by Gasteiger charge is -2.18. The van der Waals surface area contributed by atoms with Crippen molar-refractivity contribution < 1.29 is 32.5 Å². The van der Waals surface area contributed by atoms with Crippen LogP contribution in [0.1, 0.15) is 17.2 Å². The lowest BCUT2D eigenvalue weighted by molar-refractivity contribution is -0.139. The molecule has 1 atom stereocenters. The summed E-state index contributed by atoms with van der Waals surface area (Å²) in [5, 5.41) is 12.4. The van der Waals surface area contributed by atoms with Crippen molar-refractivity contribution >= 4 is 5.91 Å². The van der Waals surface area contributed by atoms with E-state index >= 15 is 0 Å². The van der Waals surface area contributed by atoms with Crippen LogP contribution in [0.25, 0.3) is 0 Å². The molecule has 2 rings (SSSR count). The van der Waals surface area contributed by atoms with Crippen molar-refractivity contribution in [2.24, 2.45) is 0 Å². The number of aliphatic hydroxyl groups is 1. The molecule has 5 nitrogen and oxygen atoms in total. The first-order chi connectivity index (χ1) is 12.3. The number of alkyl halides is 3. The first kappa shape index (κ1) is 19.6. The zero-order valence-electron chi connectivity index (χ0n) is 13.9. The van der Waals surface area contributed by atoms with Crippen LogP contribution in [-0.2, 0) is 11.0 Å². The Labute approximate surface area is 148 Å². The Morgan fingerprint density at radius 2 is 1.73 bits per heavy atom. The molecule has 0 aliphatic rings. The second-order valence-electron chi connectivity index (χ2n) is 5.34. The summed E-state index contributed by atoms with van der Waals surface area (Å²) in [6.45, 7) is -0.741. The van der Waals surface area contributed by atoms with Gasteiger partial charge in [-0.2, -0.15) is 13.2 Å². The topological polar surface area (TPSA) is 67.8 Å². The molecule has 8 heteroatoms. The van der Waals surface area contributed by atoms with Gasteiger partial charge < -0.3 is 19.9 Å². The maximum Gasteiger partial charge on any atom is 0.416 e. The molecule has 0 saturated carbocycles. The molecule has 26 heavy (non-hydrogen) atoms. The number of carbonyl (C=O) groups is 1. The van der Waals surface area contributed by atoms with Gasteiger partial charge in [-0.05, 0) is 23.8 Å². The number of nitrogens with one attached hydrogen (secondary N) is 1. The van der Waals surface area contributed by atoms with E-state index in [-0.39, 0.29) is 18.7 Å². The number of rotatable bonds is 7. The summed E-state index contributed by atoms with van der Waals surface area (Å²) in [7, 11) is 1.46. The van der Waals surface area contributed by atoms with Crippen LogP contribution in [0.4, 0.5) is 13.2 Å². The van der Waals surface area contributed by atoms with Gasteiger partial charge in [-0.1, -0.05) is 30.3 Å². The van der Waals surface area contributed by atoms with Crippen LogP contribution in [0.5, 0.6) is 11.5 Å². The van der Waals surface area contributed by atoms with Gasteiger partial charge in [0.25, 0.3) is 5.91 Å². The Kier molecular flexibility index (Phi) is 6.46. The van der Waals surface area contributed by atoms with Crippen molar-refractivity contribution in [3.05, 3.63) is 59.7 Å². The molecule has 0 fully saturated rings. The predicted molar refractivity (Wildman–Crippen MR) is 87.9 cm³/mol. The van der Waals surface area contributed by atoms with E-state index in [9.17, 15) is 23.1 Å². The molecule has 2 aromatic carbocycles. The fourth-order valence-electron chi connectivity index (χ4n) is 2.30. The van der Waals surface area contributed by atoms with Gasteiger partial charge in [0.05, 0.1) is 18.8 Å². The van der Waals surface area contributed by atoms with Gasteiger partial charge in [0, 0.05) is 6.54 Å². The number of para-hydroxylation sites is 2. The molecule has 0 aromatic heterocycles. The van der Waals surface area contributed by atoms with Crippen molar-refractivity contribution in [1.82, 2.24) is 5.32 Å². The Bertz CT molecular complexity index is 749. The normalized spacial score (nSPS) is 12.3. The standard InChI is InChI=1S/C18H18F3NO4/c1-25-15-8-4-5-9-16(15)26-11-17(24)22-10-14(23)12-6-2-3-7-13(12)18(19,20)21/h2-9,14,23H,10-11H2,1H3,(H,22,24). The fourth-order valence-corrected chi connectivity index (χ4v) is 2.30. The van der Waals surface area contributed by atoms with E-state index in [0.29, 0.717) is 11.5 Å². The maximum absolute atomic E-state index is 13.0. The number of benzene rings is 2. The van der Waals surface area contributed by atoms with Gasteiger partial charge in [-0.3, -0.25) is 4.79 Å². The lowest BCUT2D eigenvalue weighted by atomic mass is 10.0. The summed E-state index contributed by atoms with van der Waals surface area (Å²) in [5.41, 5.74) is -1.24. The summed E-state index contributed by atoms with van der Waals surface area (Å²) in [6, 6.07) is 11.4. The third-order valence-electron chi connectivity index (χ3n) is 3.55. The first-order valence-electron chi connectivity index (χ1n) is 7.69. The number of hydrogen-bond donors (Lipinski definition) is 2. The number of carbonyl (C=O) groups excluding carboxylic acids is 1. The number of halogens is 3. The zero-order chi connectivity index (χ0) is 19.2. The van der Waals surface area contributed by atoms with Crippen LogP contribution in [0.3, 0.4) is 0 Å². The number of methoxy groups -OCH3 is 1. The highest BCUT2D eigenvalue weighted by molar-refractivity contribution is 5.77. The van der Waals surface area contributed by atoms with E-state index < -0.39 is 23.8 Å². The molecule has 0 spiro atoms. The molecule has 1 unspecified atom stereocenters. The molecule has 0 aliphatic heterocycles. The molecule has 0 radical (unpaired) electrons. The quantitative estimate of drug-likeness (QED) is 0.788. The second kappa shape index (κ2) is 8.57. The monoisotopic (exact) mass is 369 g/mol. The number of hydrogen-bond acceptors (Lipinski definition) is 4. The van der Waals surface area contributed by atoms with Crippen molar-refractivity contribution in [3.8, 4) is 11.5 Å². The Hall–Kier alpha value is -2.74. The van der Waals surface area contributed by atoms with Gasteiger partial charge in [0.1, 0.15) is 0 Å². The van der Waals surface area contributed by atoms with Gasteiger partial charge in [-0.15, -0.1) is 0 Å². The number of ether oxygens (including phenoxy) is 2. The highest BCUT2D eigenvalue weighted by Crippen LogP contribution is 2.34. The summed E-state index contributed by atoms with van der Waals surface area (Å²) in [5.74, 6) is 0.215. The predicted octanol–water partition coefficient (Wildman–Crippen LogP) is 2.94. The van der Waals surface area contributed by atoms with Crippen LogP contribution in [0.15, 0.2) is 48.5 Å². The van der Waals surface area contributed by atoms with Crippen molar-refractivity contribution in [1.29, 1.82) is 0 Å².